The number of aromatic nitrogens is 5. The molecule has 1 aliphatic heterocycles. The lowest BCUT2D eigenvalue weighted by Crippen LogP contribution is -2.32. The Morgan fingerprint density at radius 2 is 1.96 bits per heavy atom. The van der Waals surface area contributed by atoms with Crippen molar-refractivity contribution in [1.29, 1.82) is 0 Å². The second-order valence-electron chi connectivity index (χ2n) is 7.03. The Morgan fingerprint density at radius 3 is 2.82 bits per heavy atom. The second-order valence-corrected chi connectivity index (χ2v) is 7.03. The number of likely N-dealkylation sites (tertiary alicyclic amines) is 1. The molecule has 3 aromatic heterocycles. The number of hydrogen-bond acceptors (Lipinski definition) is 4. The molecule has 4 aromatic rings. The van der Waals surface area contributed by atoms with E-state index in [1.807, 2.05) is 70.2 Å². The minimum absolute atomic E-state index is 0.0607. The fourth-order valence-corrected chi connectivity index (χ4v) is 3.82. The smallest absolute Gasteiger partial charge is 0.229 e. The molecule has 1 aliphatic rings. The number of rotatable bonds is 4. The molecule has 5 rings (SSSR count). The Bertz CT molecular complexity index is 1080. The van der Waals surface area contributed by atoms with Crippen molar-refractivity contribution in [3.05, 3.63) is 72.4 Å². The van der Waals surface area contributed by atoms with E-state index in [2.05, 4.69) is 20.2 Å². The summed E-state index contributed by atoms with van der Waals surface area (Å²) >= 11 is 0. The molecular formula is C21H20N6O. The van der Waals surface area contributed by atoms with Gasteiger partial charge in [0.1, 0.15) is 11.5 Å². The van der Waals surface area contributed by atoms with Crippen molar-refractivity contribution in [3.8, 4) is 11.4 Å². The predicted octanol–water partition coefficient (Wildman–Crippen LogP) is 3.03. The van der Waals surface area contributed by atoms with Gasteiger partial charge in [-0.15, -0.1) is 0 Å². The number of fused-ring (bicyclic) bond motifs is 1. The van der Waals surface area contributed by atoms with Crippen LogP contribution in [0.5, 0.6) is 0 Å². The van der Waals surface area contributed by atoms with Crippen LogP contribution in [0.4, 0.5) is 0 Å². The summed E-state index contributed by atoms with van der Waals surface area (Å²) in [5, 5.41) is 7.39. The van der Waals surface area contributed by atoms with Crippen LogP contribution >= 0.6 is 0 Å². The van der Waals surface area contributed by atoms with Crippen LogP contribution in [0, 0.1) is 0 Å². The first kappa shape index (κ1) is 16.7. The molecule has 1 aromatic carbocycles. The van der Waals surface area contributed by atoms with Gasteiger partial charge in [0.2, 0.25) is 5.91 Å². The second kappa shape index (κ2) is 6.92. The number of nitrogens with zero attached hydrogens (tertiary/aromatic N) is 5. The number of aromatic amines is 1. The summed E-state index contributed by atoms with van der Waals surface area (Å²) in [6.07, 6.45) is 6.00. The highest BCUT2D eigenvalue weighted by atomic mass is 16.2. The summed E-state index contributed by atoms with van der Waals surface area (Å²) in [6, 6.07) is 15.6. The van der Waals surface area contributed by atoms with Crippen LogP contribution in [0.25, 0.3) is 17.0 Å². The largest absolute Gasteiger partial charge is 0.332 e. The highest BCUT2D eigenvalue weighted by molar-refractivity contribution is 5.79. The molecule has 0 radical (unpaired) electrons. The van der Waals surface area contributed by atoms with E-state index in [0.717, 1.165) is 42.1 Å². The van der Waals surface area contributed by atoms with Crippen molar-refractivity contribution in [2.24, 2.45) is 0 Å². The molecule has 0 spiro atoms. The molecule has 4 heterocycles. The first-order valence-electron chi connectivity index (χ1n) is 9.48. The maximum Gasteiger partial charge on any atom is 0.229 e. The average molecular weight is 372 g/mol. The first-order valence-corrected chi connectivity index (χ1v) is 9.48. The van der Waals surface area contributed by atoms with Gasteiger partial charge in [-0.05, 0) is 25.0 Å². The van der Waals surface area contributed by atoms with E-state index in [9.17, 15) is 4.79 Å². The summed E-state index contributed by atoms with van der Waals surface area (Å²) in [7, 11) is 0. The number of carbonyl (C=O) groups is 1. The van der Waals surface area contributed by atoms with E-state index < -0.39 is 0 Å². The fourth-order valence-electron chi connectivity index (χ4n) is 3.82. The van der Waals surface area contributed by atoms with E-state index in [-0.39, 0.29) is 18.4 Å². The van der Waals surface area contributed by atoms with E-state index in [1.54, 1.807) is 0 Å². The number of nitrogens with one attached hydrogen (secondary N) is 1. The molecule has 140 valence electrons. The molecule has 1 saturated heterocycles. The molecule has 1 atom stereocenters. The minimum atomic E-state index is -0.0607. The maximum absolute atomic E-state index is 13.0. The number of imidazole rings is 1. The number of H-pyrrole nitrogens is 1. The van der Waals surface area contributed by atoms with Crippen LogP contribution in [-0.2, 0) is 11.2 Å². The average Bonchev–Trinajstić information content (AvgIpc) is 3.46. The van der Waals surface area contributed by atoms with Gasteiger partial charge in [-0.3, -0.25) is 9.89 Å². The zero-order chi connectivity index (χ0) is 18.9. The van der Waals surface area contributed by atoms with E-state index in [1.165, 1.54) is 0 Å². The topological polar surface area (TPSA) is 79.2 Å². The Balaban J connectivity index is 1.35. The summed E-state index contributed by atoms with van der Waals surface area (Å²) in [4.78, 5) is 24.1. The summed E-state index contributed by atoms with van der Waals surface area (Å²) in [6.45, 7) is 0.734. The molecule has 0 aliphatic carbocycles. The molecular weight excluding hydrogens is 352 g/mol. The third-order valence-electron chi connectivity index (χ3n) is 5.17. The molecule has 1 amide bonds. The lowest BCUT2D eigenvalue weighted by molar-refractivity contribution is -0.131. The third kappa shape index (κ3) is 3.05. The van der Waals surface area contributed by atoms with Gasteiger partial charge in [-0.25, -0.2) is 9.97 Å². The van der Waals surface area contributed by atoms with Crippen molar-refractivity contribution in [2.75, 3.05) is 6.54 Å². The summed E-state index contributed by atoms with van der Waals surface area (Å²) in [5.74, 6) is 1.48. The Labute approximate surface area is 162 Å². The normalized spacial score (nSPS) is 16.7. The van der Waals surface area contributed by atoms with Gasteiger partial charge < -0.3 is 9.30 Å². The zero-order valence-corrected chi connectivity index (χ0v) is 15.3. The van der Waals surface area contributed by atoms with Crippen molar-refractivity contribution < 1.29 is 4.79 Å². The Hall–Kier alpha value is -3.48. The molecule has 0 saturated carbocycles. The van der Waals surface area contributed by atoms with Crippen LogP contribution in [0.2, 0.25) is 0 Å². The Kier molecular flexibility index (Phi) is 4.12. The number of carbonyl (C=O) groups excluding carboxylic acids is 1. The van der Waals surface area contributed by atoms with Crippen LogP contribution in [0.1, 0.15) is 30.4 Å². The highest BCUT2D eigenvalue weighted by Gasteiger charge is 2.32. The van der Waals surface area contributed by atoms with Crippen LogP contribution < -0.4 is 0 Å². The van der Waals surface area contributed by atoms with Gasteiger partial charge in [0.15, 0.2) is 5.82 Å². The standard InChI is InChI=1S/C21H20N6O/c28-19(13-16-14-26-11-5-4-10-18(26)22-16)27-12-6-9-17(27)21-23-20(24-25-21)15-7-2-1-3-8-15/h1-5,7-8,10-11,14,17H,6,9,12-13H2,(H,23,24,25)/t17-/m1/s1. The van der Waals surface area contributed by atoms with Crippen molar-refractivity contribution in [2.45, 2.75) is 25.3 Å². The van der Waals surface area contributed by atoms with Gasteiger partial charge in [0, 0.05) is 24.5 Å². The van der Waals surface area contributed by atoms with Gasteiger partial charge in [0.25, 0.3) is 0 Å². The first-order chi connectivity index (χ1) is 13.8. The van der Waals surface area contributed by atoms with Crippen LogP contribution in [0.3, 0.4) is 0 Å². The lowest BCUT2D eigenvalue weighted by Gasteiger charge is -2.22. The number of amides is 1. The molecule has 0 bridgehead atoms. The molecule has 0 unspecified atom stereocenters. The molecule has 28 heavy (non-hydrogen) atoms. The van der Waals surface area contributed by atoms with Gasteiger partial charge in [0.05, 0.1) is 18.2 Å². The maximum atomic E-state index is 13.0. The quantitative estimate of drug-likeness (QED) is 0.597. The van der Waals surface area contributed by atoms with E-state index in [4.69, 9.17) is 0 Å². The summed E-state index contributed by atoms with van der Waals surface area (Å²) < 4.78 is 1.94. The van der Waals surface area contributed by atoms with E-state index in [0.29, 0.717) is 5.82 Å². The van der Waals surface area contributed by atoms with Crippen molar-refractivity contribution >= 4 is 11.6 Å². The number of hydrogen-bond donors (Lipinski definition) is 1. The van der Waals surface area contributed by atoms with Crippen molar-refractivity contribution in [3.63, 3.8) is 0 Å². The minimum Gasteiger partial charge on any atom is -0.332 e. The number of pyridine rings is 1. The fraction of sp³-hybridized carbons (Fsp3) is 0.238. The van der Waals surface area contributed by atoms with Crippen molar-refractivity contribution in [1.82, 2.24) is 29.5 Å². The van der Waals surface area contributed by atoms with E-state index >= 15 is 0 Å². The monoisotopic (exact) mass is 372 g/mol. The Morgan fingerprint density at radius 1 is 1.11 bits per heavy atom. The molecule has 7 heteroatoms. The van der Waals surface area contributed by atoms with Gasteiger partial charge >= 0.3 is 0 Å². The van der Waals surface area contributed by atoms with Crippen LogP contribution in [-0.4, -0.2) is 41.9 Å². The predicted molar refractivity (Wildman–Crippen MR) is 104 cm³/mol. The third-order valence-corrected chi connectivity index (χ3v) is 5.17. The van der Waals surface area contributed by atoms with Gasteiger partial charge in [-0.2, -0.15) is 5.10 Å². The van der Waals surface area contributed by atoms with Gasteiger partial charge in [-0.1, -0.05) is 36.4 Å². The van der Waals surface area contributed by atoms with Crippen LogP contribution in [0.15, 0.2) is 60.9 Å². The molecule has 1 N–H and O–H groups in total. The zero-order valence-electron chi connectivity index (χ0n) is 15.3. The SMILES string of the molecule is O=C(Cc1cn2ccccc2n1)N1CCC[C@@H]1c1nc(-c2ccccc2)n[nH]1. The highest BCUT2D eigenvalue weighted by Crippen LogP contribution is 2.31. The summed E-state index contributed by atoms with van der Waals surface area (Å²) in [5.41, 5.74) is 2.60. The number of benzene rings is 1. The lowest BCUT2D eigenvalue weighted by atomic mass is 10.2. The molecule has 1 fully saturated rings. The molecule has 7 nitrogen and oxygen atoms in total.